The van der Waals surface area contributed by atoms with Gasteiger partial charge < -0.3 is 19.8 Å². The second kappa shape index (κ2) is 6.60. The molecule has 1 aliphatic heterocycles. The Kier molecular flexibility index (Phi) is 4.12. The first-order valence-electron chi connectivity index (χ1n) is 8.72. The van der Waals surface area contributed by atoms with Crippen LogP contribution in [0.2, 0.25) is 0 Å². The maximum absolute atomic E-state index is 12.4. The van der Waals surface area contributed by atoms with Crippen molar-refractivity contribution < 1.29 is 9.84 Å². The monoisotopic (exact) mass is 362 g/mol. The molecule has 0 saturated carbocycles. The quantitative estimate of drug-likeness (QED) is 0.480. The number of phenols is 1. The zero-order chi connectivity index (χ0) is 19.0. The van der Waals surface area contributed by atoms with Crippen molar-refractivity contribution in [3.63, 3.8) is 0 Å². The molecular weight excluding hydrogens is 344 g/mol. The second-order valence-electron chi connectivity index (χ2n) is 5.86. The Hall–Kier alpha value is -3.61. The number of aromatic amines is 2. The lowest BCUT2D eigenvalue weighted by molar-refractivity contribution is 0.250. The van der Waals surface area contributed by atoms with Crippen LogP contribution in [0, 0.1) is 0 Å². The van der Waals surface area contributed by atoms with Gasteiger partial charge in [0.25, 0.3) is 5.56 Å². The van der Waals surface area contributed by atoms with Gasteiger partial charge in [0, 0.05) is 28.9 Å². The molecule has 0 saturated heterocycles. The summed E-state index contributed by atoms with van der Waals surface area (Å²) in [6.07, 6.45) is 4.51. The number of nitrogens with zero attached hydrogens (tertiary/aromatic N) is 2. The molecule has 0 bridgehead atoms. The molecule has 0 amide bonds. The average Bonchev–Trinajstić information content (AvgIpc) is 3.06. The summed E-state index contributed by atoms with van der Waals surface area (Å²) < 4.78 is 6.22. The number of pyridine rings is 1. The minimum atomic E-state index is -0.444. The summed E-state index contributed by atoms with van der Waals surface area (Å²) in [5.41, 5.74) is 3.18. The van der Waals surface area contributed by atoms with Gasteiger partial charge in [-0.3, -0.25) is 4.79 Å². The molecule has 3 N–H and O–H groups in total. The van der Waals surface area contributed by atoms with Crippen molar-refractivity contribution in [1.29, 1.82) is 0 Å². The van der Waals surface area contributed by atoms with E-state index in [0.29, 0.717) is 22.5 Å². The van der Waals surface area contributed by atoms with Crippen LogP contribution in [-0.2, 0) is 0 Å². The minimum absolute atomic E-state index is 0.180. The molecule has 1 unspecified atom stereocenters. The molecule has 4 aromatic rings. The predicted octanol–water partition coefficient (Wildman–Crippen LogP) is 3.53. The molecule has 0 spiro atoms. The van der Waals surface area contributed by atoms with Crippen molar-refractivity contribution >= 4 is 11.0 Å². The Morgan fingerprint density at radius 2 is 1.89 bits per heavy atom. The van der Waals surface area contributed by atoms with Gasteiger partial charge >= 0.3 is 0 Å². The standard InChI is InChI=1S/C18H12N4O3.C2H6/c23-10-3-1-9(2-4-10)16-12-7-20-17-14(12)11(8-21-22-17)15-13(25-16)5-6-19-18(15)24;1-2/h1-8,16,23H,(H,19,24)(H,20,22);1-2H3. The van der Waals surface area contributed by atoms with Gasteiger partial charge in [0.05, 0.1) is 11.8 Å². The predicted molar refractivity (Wildman–Crippen MR) is 102 cm³/mol. The van der Waals surface area contributed by atoms with Gasteiger partial charge in [0.15, 0.2) is 11.8 Å². The van der Waals surface area contributed by atoms with E-state index in [1.54, 1.807) is 42.7 Å². The first-order chi connectivity index (χ1) is 13.2. The third kappa shape index (κ3) is 2.64. The molecule has 27 heavy (non-hydrogen) atoms. The number of hydrogen-bond acceptors (Lipinski definition) is 5. The van der Waals surface area contributed by atoms with Gasteiger partial charge in [0.2, 0.25) is 0 Å². The number of hydrogen-bond donors (Lipinski definition) is 3. The van der Waals surface area contributed by atoms with Gasteiger partial charge in [-0.15, -0.1) is 5.10 Å². The third-order valence-corrected chi connectivity index (χ3v) is 4.42. The first-order valence-corrected chi connectivity index (χ1v) is 8.72. The van der Waals surface area contributed by atoms with Gasteiger partial charge in [-0.2, -0.15) is 5.10 Å². The van der Waals surface area contributed by atoms with Gasteiger partial charge in [0.1, 0.15) is 11.5 Å². The number of H-pyrrole nitrogens is 2. The zero-order valence-corrected chi connectivity index (χ0v) is 14.9. The lowest BCUT2D eigenvalue weighted by atomic mass is 9.99. The van der Waals surface area contributed by atoms with Crippen molar-refractivity contribution in [2.75, 3.05) is 0 Å². The van der Waals surface area contributed by atoms with E-state index in [2.05, 4.69) is 20.2 Å². The first kappa shape index (κ1) is 16.8. The van der Waals surface area contributed by atoms with Crippen LogP contribution in [0.5, 0.6) is 11.5 Å². The van der Waals surface area contributed by atoms with E-state index in [0.717, 1.165) is 16.5 Å². The molecule has 1 atom stereocenters. The number of phenolic OH excluding ortho intramolecular Hbond substituents is 1. The Morgan fingerprint density at radius 3 is 2.67 bits per heavy atom. The number of benzene rings is 1. The van der Waals surface area contributed by atoms with E-state index in [-0.39, 0.29) is 11.3 Å². The Bertz CT molecular complexity index is 1160. The highest BCUT2D eigenvalue weighted by molar-refractivity contribution is 5.97. The van der Waals surface area contributed by atoms with Crippen LogP contribution in [0.4, 0.5) is 0 Å². The van der Waals surface area contributed by atoms with Crippen LogP contribution in [0.15, 0.2) is 53.7 Å². The van der Waals surface area contributed by atoms with Crippen LogP contribution in [-0.4, -0.2) is 25.3 Å². The summed E-state index contributed by atoms with van der Waals surface area (Å²) in [7, 11) is 0. The molecule has 5 rings (SSSR count). The largest absolute Gasteiger partial charge is 0.508 e. The van der Waals surface area contributed by atoms with Crippen LogP contribution < -0.4 is 10.3 Å². The summed E-state index contributed by atoms with van der Waals surface area (Å²) in [5.74, 6) is 0.659. The summed E-state index contributed by atoms with van der Waals surface area (Å²) in [4.78, 5) is 18.2. The van der Waals surface area contributed by atoms with Crippen molar-refractivity contribution in [1.82, 2.24) is 20.2 Å². The Morgan fingerprint density at radius 1 is 1.11 bits per heavy atom. The summed E-state index contributed by atoms with van der Waals surface area (Å²) in [6, 6.07) is 8.54. The van der Waals surface area contributed by atoms with Gasteiger partial charge in [-0.25, -0.2) is 0 Å². The maximum Gasteiger partial charge on any atom is 0.259 e. The minimum Gasteiger partial charge on any atom is -0.508 e. The molecule has 0 aliphatic carbocycles. The van der Waals surface area contributed by atoms with Crippen LogP contribution in [0.1, 0.15) is 31.1 Å². The lowest BCUT2D eigenvalue weighted by Crippen LogP contribution is -2.12. The van der Waals surface area contributed by atoms with Gasteiger partial charge in [-0.1, -0.05) is 26.0 Å². The molecule has 0 fully saturated rings. The molecule has 1 aromatic carbocycles. The average molecular weight is 362 g/mol. The van der Waals surface area contributed by atoms with E-state index < -0.39 is 6.10 Å². The van der Waals surface area contributed by atoms with E-state index >= 15 is 0 Å². The SMILES string of the molecule is CC.O=c1[nH]ccc2c1-c1cnnc3[nH]cc(c13)C(c1ccc(O)cc1)O2. The van der Waals surface area contributed by atoms with Gasteiger partial charge in [-0.05, 0) is 23.8 Å². The number of nitrogens with one attached hydrogen (secondary N) is 2. The fraction of sp³-hybridized carbons (Fsp3) is 0.150. The highest BCUT2D eigenvalue weighted by Gasteiger charge is 2.29. The van der Waals surface area contributed by atoms with Crippen LogP contribution in [0.25, 0.3) is 22.2 Å². The lowest BCUT2D eigenvalue weighted by Gasteiger charge is -2.18. The number of fused-ring (bicyclic) bond motifs is 2. The van der Waals surface area contributed by atoms with E-state index in [4.69, 9.17) is 4.74 Å². The van der Waals surface area contributed by atoms with Crippen molar-refractivity contribution in [3.8, 4) is 22.6 Å². The molecule has 4 heterocycles. The topological polar surface area (TPSA) is 104 Å². The van der Waals surface area contributed by atoms with E-state index in [1.807, 2.05) is 20.0 Å². The van der Waals surface area contributed by atoms with Crippen molar-refractivity contribution in [2.24, 2.45) is 0 Å². The highest BCUT2D eigenvalue weighted by Crippen LogP contribution is 2.43. The number of rotatable bonds is 1. The normalized spacial score (nSPS) is 14.5. The summed E-state index contributed by atoms with van der Waals surface area (Å²) in [5, 5.41) is 18.5. The molecule has 1 aliphatic rings. The van der Waals surface area contributed by atoms with Crippen LogP contribution in [0.3, 0.4) is 0 Å². The molecule has 0 radical (unpaired) electrons. The fourth-order valence-electron chi connectivity index (χ4n) is 3.30. The second-order valence-corrected chi connectivity index (χ2v) is 5.86. The van der Waals surface area contributed by atoms with Crippen LogP contribution >= 0.6 is 0 Å². The number of ether oxygens (including phenoxy) is 1. The fourth-order valence-corrected chi connectivity index (χ4v) is 3.30. The maximum atomic E-state index is 12.4. The molecular formula is C20H18N4O3. The molecule has 136 valence electrons. The molecule has 7 nitrogen and oxygen atoms in total. The summed E-state index contributed by atoms with van der Waals surface area (Å²) >= 11 is 0. The zero-order valence-electron chi connectivity index (χ0n) is 14.9. The number of aromatic hydroxyl groups is 1. The third-order valence-electron chi connectivity index (χ3n) is 4.42. The van der Waals surface area contributed by atoms with E-state index in [9.17, 15) is 9.90 Å². The molecule has 3 aromatic heterocycles. The highest BCUT2D eigenvalue weighted by atomic mass is 16.5. The smallest absolute Gasteiger partial charge is 0.259 e. The molecule has 7 heteroatoms. The van der Waals surface area contributed by atoms with Crippen molar-refractivity contribution in [3.05, 3.63) is 70.4 Å². The van der Waals surface area contributed by atoms with Crippen molar-refractivity contribution in [2.45, 2.75) is 20.0 Å². The van der Waals surface area contributed by atoms with E-state index in [1.165, 1.54) is 0 Å². The number of aromatic nitrogens is 4. The Labute approximate surface area is 154 Å². The summed E-state index contributed by atoms with van der Waals surface area (Å²) in [6.45, 7) is 4.00. The Balaban J connectivity index is 0.000000872.